The molecule has 2 atom stereocenters. The van der Waals surface area contributed by atoms with Gasteiger partial charge in [-0.3, -0.25) is 4.99 Å². The van der Waals surface area contributed by atoms with Crippen LogP contribution in [0.1, 0.15) is 18.9 Å². The number of esters is 1. The summed E-state index contributed by atoms with van der Waals surface area (Å²) < 4.78 is 44.7. The smallest absolute Gasteiger partial charge is 0.343 e. The number of carbonyl (C=O) groups is 1. The van der Waals surface area contributed by atoms with E-state index in [4.69, 9.17) is 16.3 Å². The van der Waals surface area contributed by atoms with Gasteiger partial charge in [-0.1, -0.05) is 11.6 Å². The summed E-state index contributed by atoms with van der Waals surface area (Å²) in [7, 11) is 0. The van der Waals surface area contributed by atoms with E-state index in [1.165, 1.54) is 6.92 Å². The van der Waals surface area contributed by atoms with E-state index in [0.717, 1.165) is 18.3 Å². The molecule has 124 valence electrons. The van der Waals surface area contributed by atoms with Gasteiger partial charge in [0, 0.05) is 12.6 Å². The van der Waals surface area contributed by atoms with Crippen LogP contribution in [0.2, 0.25) is 5.02 Å². The lowest BCUT2D eigenvalue weighted by Gasteiger charge is -2.09. The Morgan fingerprint density at radius 1 is 1.52 bits per heavy atom. The monoisotopic (exact) mass is 347 g/mol. The normalized spacial score (nSPS) is 21.3. The highest BCUT2D eigenvalue weighted by Crippen LogP contribution is 2.30. The summed E-state index contributed by atoms with van der Waals surface area (Å²) in [6.07, 6.45) is 0.0344. The van der Waals surface area contributed by atoms with E-state index < -0.39 is 51.7 Å². The van der Waals surface area contributed by atoms with E-state index in [0.29, 0.717) is 0 Å². The molecule has 1 fully saturated rings. The number of aliphatic hydroxyl groups excluding tert-OH is 1. The van der Waals surface area contributed by atoms with Gasteiger partial charge >= 0.3 is 5.97 Å². The van der Waals surface area contributed by atoms with Crippen molar-refractivity contribution >= 4 is 29.5 Å². The van der Waals surface area contributed by atoms with Gasteiger partial charge in [0.05, 0.1) is 18.2 Å². The van der Waals surface area contributed by atoms with Crippen LogP contribution < -0.4 is 0 Å². The molecule has 2 rings (SSSR count). The molecule has 0 spiro atoms. The average molecular weight is 348 g/mol. The number of aliphatic hydroxyl groups is 1. The minimum absolute atomic E-state index is 0.00523. The maximum absolute atomic E-state index is 14.0. The first kappa shape index (κ1) is 17.3. The molecule has 23 heavy (non-hydrogen) atoms. The summed E-state index contributed by atoms with van der Waals surface area (Å²) in [5.74, 6) is -4.02. The van der Waals surface area contributed by atoms with Crippen LogP contribution >= 0.6 is 11.6 Å². The van der Waals surface area contributed by atoms with Gasteiger partial charge in [0.2, 0.25) is 0 Å². The first-order chi connectivity index (χ1) is 10.9. The summed E-state index contributed by atoms with van der Waals surface area (Å²) in [5, 5.41) is 9.33. The third kappa shape index (κ3) is 3.85. The predicted octanol–water partition coefficient (Wildman–Crippen LogP) is 3.63. The summed E-state index contributed by atoms with van der Waals surface area (Å²) >= 11 is 5.45. The number of benzene rings is 1. The number of aliphatic imine (C=N–C) groups is 1. The zero-order chi connectivity index (χ0) is 17.1. The zero-order valence-corrected chi connectivity index (χ0v) is 12.8. The Kier molecular flexibility index (Phi) is 5.30. The lowest BCUT2D eigenvalue weighted by Crippen LogP contribution is -2.12. The molecule has 1 aromatic rings. The van der Waals surface area contributed by atoms with Crippen LogP contribution in [0.3, 0.4) is 0 Å². The van der Waals surface area contributed by atoms with Crippen molar-refractivity contribution in [2.75, 3.05) is 6.61 Å². The van der Waals surface area contributed by atoms with Crippen LogP contribution in [0, 0.1) is 11.6 Å². The molecular weight excluding hydrogens is 335 g/mol. The molecule has 1 saturated carbocycles. The Morgan fingerprint density at radius 2 is 2.17 bits per heavy atom. The lowest BCUT2D eigenvalue weighted by molar-refractivity contribution is -0.137. The van der Waals surface area contributed by atoms with Gasteiger partial charge in [-0.05, 0) is 19.1 Å². The molecule has 0 aromatic heterocycles. The Bertz CT molecular complexity index is 691. The average Bonchev–Trinajstić information content (AvgIpc) is 3.21. The van der Waals surface area contributed by atoms with E-state index in [1.54, 1.807) is 0 Å². The van der Waals surface area contributed by atoms with Crippen molar-refractivity contribution in [1.82, 2.24) is 0 Å². The van der Waals surface area contributed by atoms with E-state index in [2.05, 4.69) is 4.99 Å². The molecule has 0 radical (unpaired) electrons. The summed E-state index contributed by atoms with van der Waals surface area (Å²) in [4.78, 5) is 15.7. The molecule has 8 heteroatoms. The second-order valence-electron chi connectivity index (χ2n) is 4.80. The third-order valence-electron chi connectivity index (χ3n) is 3.12. The lowest BCUT2D eigenvalue weighted by atomic mass is 10.1. The summed E-state index contributed by atoms with van der Waals surface area (Å²) in [6, 6.07) is 1.16. The predicted molar refractivity (Wildman–Crippen MR) is 79.3 cm³/mol. The third-order valence-corrected chi connectivity index (χ3v) is 3.46. The summed E-state index contributed by atoms with van der Waals surface area (Å²) in [6.45, 7) is 1.54. The van der Waals surface area contributed by atoms with Crippen LogP contribution in [0.5, 0.6) is 0 Å². The van der Waals surface area contributed by atoms with E-state index >= 15 is 0 Å². The molecule has 1 N–H and O–H groups in total. The molecule has 1 aliphatic carbocycles. The largest absolute Gasteiger partial charge is 0.506 e. The molecule has 0 bridgehead atoms. The van der Waals surface area contributed by atoms with E-state index in [-0.39, 0.29) is 13.0 Å². The molecule has 0 heterocycles. The van der Waals surface area contributed by atoms with Gasteiger partial charge in [-0.15, -0.1) is 0 Å². The number of hydrogen-bond donors (Lipinski definition) is 1. The van der Waals surface area contributed by atoms with E-state index in [1.807, 2.05) is 0 Å². The molecule has 0 amide bonds. The second kappa shape index (κ2) is 7.04. The van der Waals surface area contributed by atoms with Crippen LogP contribution in [-0.2, 0) is 9.53 Å². The standard InChI is InChI=1S/C15H13ClF3NO3/c1-2-23-15(22)8(6-20-11-5-10(11)18)14(21)7-3-4-9(17)12(16)13(7)19/h3-4,6,10-11,21H,2,5H2,1H3/t10-,11+/m0/s1. The van der Waals surface area contributed by atoms with Crippen LogP contribution in [-0.4, -0.2) is 36.1 Å². The number of hydrogen-bond acceptors (Lipinski definition) is 4. The van der Waals surface area contributed by atoms with Gasteiger partial charge in [-0.25, -0.2) is 18.0 Å². The van der Waals surface area contributed by atoms with Crippen LogP contribution in [0.15, 0.2) is 22.7 Å². The molecule has 0 saturated heterocycles. The minimum atomic E-state index is -1.23. The maximum atomic E-state index is 14.0. The second-order valence-corrected chi connectivity index (χ2v) is 5.18. The SMILES string of the molecule is CCOC(=O)C(C=N[C@@H]1C[C@@H]1F)=C(O)c1ccc(F)c(Cl)c1F. The van der Waals surface area contributed by atoms with Crippen molar-refractivity contribution in [1.29, 1.82) is 0 Å². The van der Waals surface area contributed by atoms with Gasteiger partial charge in [0.25, 0.3) is 0 Å². The first-order valence-corrected chi connectivity index (χ1v) is 7.16. The van der Waals surface area contributed by atoms with Gasteiger partial charge < -0.3 is 9.84 Å². The Balaban J connectivity index is 2.46. The maximum Gasteiger partial charge on any atom is 0.343 e. The van der Waals surface area contributed by atoms with Crippen molar-refractivity contribution in [3.05, 3.63) is 39.9 Å². The highest BCUT2D eigenvalue weighted by atomic mass is 35.5. The van der Waals surface area contributed by atoms with Gasteiger partial charge in [0.15, 0.2) is 5.82 Å². The van der Waals surface area contributed by atoms with Gasteiger partial charge in [-0.2, -0.15) is 0 Å². The van der Waals surface area contributed by atoms with Crippen molar-refractivity contribution in [2.24, 2.45) is 4.99 Å². The van der Waals surface area contributed by atoms with Crippen molar-refractivity contribution in [3.8, 4) is 0 Å². The molecule has 1 aromatic carbocycles. The number of alkyl halides is 1. The zero-order valence-electron chi connectivity index (χ0n) is 12.0. The summed E-state index contributed by atoms with van der Waals surface area (Å²) in [5.41, 5.74) is -0.953. The number of rotatable bonds is 5. The fraction of sp³-hybridized carbons (Fsp3) is 0.333. The topological polar surface area (TPSA) is 58.9 Å². The van der Waals surface area contributed by atoms with Crippen molar-refractivity contribution < 1.29 is 27.8 Å². The Morgan fingerprint density at radius 3 is 2.74 bits per heavy atom. The fourth-order valence-corrected chi connectivity index (χ4v) is 1.91. The number of carbonyl (C=O) groups excluding carboxylic acids is 1. The van der Waals surface area contributed by atoms with Crippen LogP contribution in [0.4, 0.5) is 13.2 Å². The Hall–Kier alpha value is -2.02. The number of halogens is 4. The first-order valence-electron chi connectivity index (χ1n) is 6.78. The molecular formula is C15H13ClF3NO3. The highest BCUT2D eigenvalue weighted by Gasteiger charge is 2.37. The van der Waals surface area contributed by atoms with Crippen molar-refractivity contribution in [2.45, 2.75) is 25.6 Å². The molecule has 1 aliphatic rings. The highest BCUT2D eigenvalue weighted by molar-refractivity contribution is 6.31. The molecule has 0 unspecified atom stereocenters. The molecule has 0 aliphatic heterocycles. The van der Waals surface area contributed by atoms with Crippen LogP contribution in [0.25, 0.3) is 5.76 Å². The Labute approximate surface area is 135 Å². The number of nitrogens with zero attached hydrogens (tertiary/aromatic N) is 1. The quantitative estimate of drug-likeness (QED) is 0.291. The number of ether oxygens (including phenoxy) is 1. The minimum Gasteiger partial charge on any atom is -0.506 e. The molecule has 4 nitrogen and oxygen atoms in total. The van der Waals surface area contributed by atoms with Crippen molar-refractivity contribution in [3.63, 3.8) is 0 Å². The van der Waals surface area contributed by atoms with E-state index in [9.17, 15) is 23.1 Å². The van der Waals surface area contributed by atoms with Gasteiger partial charge in [0.1, 0.15) is 28.3 Å². The fourth-order valence-electron chi connectivity index (χ4n) is 1.75.